The first-order chi connectivity index (χ1) is 8.93. The summed E-state index contributed by atoms with van der Waals surface area (Å²) in [6, 6.07) is 6.77. The van der Waals surface area contributed by atoms with Crippen molar-refractivity contribution in [3.05, 3.63) is 28.2 Å². The quantitative estimate of drug-likeness (QED) is 0.896. The lowest BCUT2D eigenvalue weighted by molar-refractivity contribution is 0.0351. The van der Waals surface area contributed by atoms with Gasteiger partial charge in [-0.1, -0.05) is 22.0 Å². The van der Waals surface area contributed by atoms with Crippen LogP contribution in [0.3, 0.4) is 0 Å². The molecule has 4 heteroatoms. The van der Waals surface area contributed by atoms with Crippen LogP contribution in [0.4, 0.5) is 5.69 Å². The largest absolute Gasteiger partial charge is 0.390 e. The molecule has 3 nitrogen and oxygen atoms in total. The maximum Gasteiger partial charge on any atom is 0.0653 e. The Bertz CT molecular complexity index is 438. The normalized spacial score (nSPS) is 20.4. The van der Waals surface area contributed by atoms with Gasteiger partial charge in [0.25, 0.3) is 0 Å². The monoisotopic (exact) mass is 326 g/mol. The molecule has 0 aromatic heterocycles. The first-order valence-electron chi connectivity index (χ1n) is 6.87. The van der Waals surface area contributed by atoms with E-state index in [9.17, 15) is 5.11 Å². The summed E-state index contributed by atoms with van der Waals surface area (Å²) in [4.78, 5) is 2.38. The van der Waals surface area contributed by atoms with Crippen molar-refractivity contribution in [1.29, 1.82) is 0 Å². The van der Waals surface area contributed by atoms with Crippen LogP contribution in [0.2, 0.25) is 0 Å². The molecule has 1 unspecified atom stereocenters. The molecule has 0 bridgehead atoms. The highest BCUT2D eigenvalue weighted by Gasteiger charge is 2.28. The summed E-state index contributed by atoms with van der Waals surface area (Å²) in [6.07, 6.45) is 1.65. The highest BCUT2D eigenvalue weighted by molar-refractivity contribution is 9.10. The molecule has 2 rings (SSSR count). The molecular formula is C15H23BrN2O. The van der Waals surface area contributed by atoms with Gasteiger partial charge in [-0.2, -0.15) is 0 Å². The Labute approximate surface area is 124 Å². The predicted octanol–water partition coefficient (Wildman–Crippen LogP) is 3.08. The molecule has 19 heavy (non-hydrogen) atoms. The minimum Gasteiger partial charge on any atom is -0.390 e. The van der Waals surface area contributed by atoms with E-state index >= 15 is 0 Å². The topological polar surface area (TPSA) is 35.5 Å². The van der Waals surface area contributed by atoms with Crippen LogP contribution >= 0.6 is 15.9 Å². The number of hydrogen-bond donors (Lipinski definition) is 2. The zero-order valence-electron chi connectivity index (χ0n) is 11.9. The van der Waals surface area contributed by atoms with Crippen molar-refractivity contribution in [3.63, 3.8) is 0 Å². The molecule has 0 aliphatic carbocycles. The Morgan fingerprint density at radius 2 is 2.00 bits per heavy atom. The SMILES string of the molecule is CNC(C)c1ccc(Br)cc1N1CCC(C)(O)CC1. The lowest BCUT2D eigenvalue weighted by Gasteiger charge is -2.38. The van der Waals surface area contributed by atoms with Crippen molar-refractivity contribution >= 4 is 21.6 Å². The number of piperidine rings is 1. The summed E-state index contributed by atoms with van der Waals surface area (Å²) < 4.78 is 1.10. The molecule has 2 N–H and O–H groups in total. The summed E-state index contributed by atoms with van der Waals surface area (Å²) in [5.41, 5.74) is 2.08. The Kier molecular flexibility index (Phi) is 4.54. The van der Waals surface area contributed by atoms with E-state index in [0.717, 1.165) is 30.4 Å². The van der Waals surface area contributed by atoms with E-state index in [0.29, 0.717) is 6.04 Å². The molecule has 1 aliphatic heterocycles. The molecule has 0 spiro atoms. The summed E-state index contributed by atoms with van der Waals surface area (Å²) in [6.45, 7) is 5.93. The van der Waals surface area contributed by atoms with Gasteiger partial charge in [0, 0.05) is 29.3 Å². The summed E-state index contributed by atoms with van der Waals surface area (Å²) in [5.74, 6) is 0. The van der Waals surface area contributed by atoms with Crippen molar-refractivity contribution < 1.29 is 5.11 Å². The van der Waals surface area contributed by atoms with Crippen molar-refractivity contribution in [2.24, 2.45) is 0 Å². The van der Waals surface area contributed by atoms with Gasteiger partial charge in [0.1, 0.15) is 0 Å². The maximum atomic E-state index is 10.1. The number of aliphatic hydroxyl groups is 1. The third-order valence-electron chi connectivity index (χ3n) is 4.07. The van der Waals surface area contributed by atoms with Gasteiger partial charge in [-0.25, -0.2) is 0 Å². The zero-order valence-corrected chi connectivity index (χ0v) is 13.5. The van der Waals surface area contributed by atoms with Gasteiger partial charge in [-0.05, 0) is 51.4 Å². The maximum absolute atomic E-state index is 10.1. The second kappa shape index (κ2) is 5.81. The number of anilines is 1. The Balaban J connectivity index is 2.26. The van der Waals surface area contributed by atoms with Gasteiger partial charge in [-0.3, -0.25) is 0 Å². The van der Waals surface area contributed by atoms with Crippen LogP contribution in [0.1, 0.15) is 38.3 Å². The van der Waals surface area contributed by atoms with Crippen molar-refractivity contribution in [2.75, 3.05) is 25.0 Å². The molecule has 1 aliphatic rings. The third kappa shape index (κ3) is 3.50. The molecule has 0 saturated carbocycles. The average Bonchev–Trinajstić information content (AvgIpc) is 2.38. The van der Waals surface area contributed by atoms with E-state index in [-0.39, 0.29) is 0 Å². The minimum atomic E-state index is -0.503. The van der Waals surface area contributed by atoms with Crippen LogP contribution in [-0.4, -0.2) is 30.8 Å². The van der Waals surface area contributed by atoms with Crippen LogP contribution in [-0.2, 0) is 0 Å². The first-order valence-corrected chi connectivity index (χ1v) is 7.66. The smallest absolute Gasteiger partial charge is 0.0653 e. The molecule has 1 fully saturated rings. The Hall–Kier alpha value is -0.580. The lowest BCUT2D eigenvalue weighted by atomic mass is 9.92. The lowest BCUT2D eigenvalue weighted by Crippen LogP contribution is -2.43. The van der Waals surface area contributed by atoms with E-state index < -0.39 is 5.60 Å². The molecule has 0 radical (unpaired) electrons. The second-order valence-electron chi connectivity index (χ2n) is 5.70. The summed E-state index contributed by atoms with van der Waals surface area (Å²) in [5, 5.41) is 13.4. The Morgan fingerprint density at radius 3 is 2.58 bits per heavy atom. The van der Waals surface area contributed by atoms with Crippen molar-refractivity contribution in [2.45, 2.75) is 38.3 Å². The fraction of sp³-hybridized carbons (Fsp3) is 0.600. The van der Waals surface area contributed by atoms with Crippen LogP contribution in [0.5, 0.6) is 0 Å². The number of hydrogen-bond acceptors (Lipinski definition) is 3. The number of rotatable bonds is 3. The van der Waals surface area contributed by atoms with Crippen LogP contribution in [0, 0.1) is 0 Å². The van der Waals surface area contributed by atoms with E-state index in [1.807, 2.05) is 14.0 Å². The molecule has 1 aromatic rings. The minimum absolute atomic E-state index is 0.325. The number of benzene rings is 1. The van der Waals surface area contributed by atoms with Crippen molar-refractivity contribution in [3.8, 4) is 0 Å². The van der Waals surface area contributed by atoms with E-state index in [1.54, 1.807) is 0 Å². The van der Waals surface area contributed by atoms with Gasteiger partial charge >= 0.3 is 0 Å². The van der Waals surface area contributed by atoms with Crippen LogP contribution in [0.25, 0.3) is 0 Å². The molecule has 1 aromatic carbocycles. The van der Waals surface area contributed by atoms with Gasteiger partial charge in [0.2, 0.25) is 0 Å². The highest BCUT2D eigenvalue weighted by atomic mass is 79.9. The van der Waals surface area contributed by atoms with Gasteiger partial charge < -0.3 is 15.3 Å². The fourth-order valence-corrected chi connectivity index (χ4v) is 2.89. The molecule has 1 saturated heterocycles. The van der Waals surface area contributed by atoms with Gasteiger partial charge in [-0.15, -0.1) is 0 Å². The Morgan fingerprint density at radius 1 is 1.37 bits per heavy atom. The third-order valence-corrected chi connectivity index (χ3v) is 4.57. The second-order valence-corrected chi connectivity index (χ2v) is 6.61. The fourth-order valence-electron chi connectivity index (χ4n) is 2.54. The van der Waals surface area contributed by atoms with E-state index in [4.69, 9.17) is 0 Å². The summed E-state index contributed by atoms with van der Waals surface area (Å²) in [7, 11) is 1.98. The molecule has 1 atom stereocenters. The van der Waals surface area contributed by atoms with E-state index in [1.165, 1.54) is 11.3 Å². The highest BCUT2D eigenvalue weighted by Crippen LogP contribution is 2.33. The number of halogens is 1. The van der Waals surface area contributed by atoms with Gasteiger partial charge in [0.05, 0.1) is 5.60 Å². The van der Waals surface area contributed by atoms with Crippen molar-refractivity contribution in [1.82, 2.24) is 5.32 Å². The molecule has 106 valence electrons. The van der Waals surface area contributed by atoms with Crippen LogP contribution in [0.15, 0.2) is 22.7 Å². The zero-order chi connectivity index (χ0) is 14.0. The molecule has 0 amide bonds. The summed E-state index contributed by atoms with van der Waals surface area (Å²) >= 11 is 3.56. The number of nitrogens with zero attached hydrogens (tertiary/aromatic N) is 1. The van der Waals surface area contributed by atoms with E-state index in [2.05, 4.69) is 51.3 Å². The molecule has 1 heterocycles. The van der Waals surface area contributed by atoms with Gasteiger partial charge in [0.15, 0.2) is 0 Å². The van der Waals surface area contributed by atoms with Crippen LogP contribution < -0.4 is 10.2 Å². The molecular weight excluding hydrogens is 304 g/mol. The average molecular weight is 327 g/mol. The number of nitrogens with one attached hydrogen (secondary N) is 1. The standard InChI is InChI=1S/C15H23BrN2O/c1-11(17-3)13-5-4-12(16)10-14(13)18-8-6-15(2,19)7-9-18/h4-5,10-11,17,19H,6-9H2,1-3H3. The predicted molar refractivity (Wildman–Crippen MR) is 83.7 cm³/mol. The first kappa shape index (κ1) is 14.8.